The van der Waals surface area contributed by atoms with E-state index in [1.807, 2.05) is 43.3 Å². The molecule has 19 heavy (non-hydrogen) atoms. The average molecular weight is 386 g/mol. The third-order valence-electron chi connectivity index (χ3n) is 3.02. The summed E-state index contributed by atoms with van der Waals surface area (Å²) in [6.45, 7) is 1.97. The summed E-state index contributed by atoms with van der Waals surface area (Å²) in [5, 5.41) is 10.5. The van der Waals surface area contributed by atoms with Gasteiger partial charge in [0.25, 0.3) is 0 Å². The lowest BCUT2D eigenvalue weighted by Crippen LogP contribution is -2.03. The molecule has 0 aromatic heterocycles. The van der Waals surface area contributed by atoms with E-state index in [1.54, 1.807) is 7.11 Å². The van der Waals surface area contributed by atoms with Gasteiger partial charge in [0, 0.05) is 14.5 Å². The lowest BCUT2D eigenvalue weighted by molar-refractivity contribution is 0.218. The quantitative estimate of drug-likeness (QED) is 0.835. The Labute approximate surface area is 129 Å². The smallest absolute Gasteiger partial charge is 0.119 e. The Balaban J connectivity index is 2.43. The van der Waals surface area contributed by atoms with Gasteiger partial charge in [0.2, 0.25) is 0 Å². The van der Waals surface area contributed by atoms with Gasteiger partial charge in [-0.15, -0.1) is 0 Å². The van der Waals surface area contributed by atoms with Crippen molar-refractivity contribution < 1.29 is 9.84 Å². The summed E-state index contributed by atoms with van der Waals surface area (Å²) < 4.78 is 7.01. The first-order valence-corrected chi connectivity index (χ1v) is 7.39. The molecule has 2 aromatic rings. The maximum absolute atomic E-state index is 10.5. The maximum atomic E-state index is 10.5. The van der Waals surface area contributed by atoms with Crippen LogP contribution in [0.1, 0.15) is 22.8 Å². The Hall–Kier alpha value is -0.840. The molecule has 0 bridgehead atoms. The number of aliphatic hydroxyl groups excluding tert-OH is 1. The van der Waals surface area contributed by atoms with Gasteiger partial charge >= 0.3 is 0 Å². The van der Waals surface area contributed by atoms with E-state index in [1.165, 1.54) is 0 Å². The molecule has 0 aliphatic rings. The number of benzene rings is 2. The molecule has 1 N–H and O–H groups in total. The maximum Gasteiger partial charge on any atom is 0.119 e. The third-order valence-corrected chi connectivity index (χ3v) is 4.24. The summed E-state index contributed by atoms with van der Waals surface area (Å²) in [4.78, 5) is 0. The molecule has 2 nitrogen and oxygen atoms in total. The molecule has 4 heteroatoms. The number of hydrogen-bond donors (Lipinski definition) is 1. The molecule has 0 saturated carbocycles. The Morgan fingerprint density at radius 2 is 1.79 bits per heavy atom. The van der Waals surface area contributed by atoms with Crippen molar-refractivity contribution in [1.82, 2.24) is 0 Å². The number of aryl methyl sites for hydroxylation is 1. The van der Waals surface area contributed by atoms with Crippen LogP contribution in [-0.2, 0) is 0 Å². The zero-order valence-electron chi connectivity index (χ0n) is 10.7. The molecule has 0 fully saturated rings. The van der Waals surface area contributed by atoms with E-state index >= 15 is 0 Å². The molecule has 0 saturated heterocycles. The molecule has 1 unspecified atom stereocenters. The van der Waals surface area contributed by atoms with Gasteiger partial charge in [-0.05, 0) is 48.4 Å². The van der Waals surface area contributed by atoms with E-state index in [4.69, 9.17) is 4.74 Å². The highest BCUT2D eigenvalue weighted by Gasteiger charge is 2.16. The molecule has 1 atom stereocenters. The van der Waals surface area contributed by atoms with Crippen LogP contribution in [0.5, 0.6) is 5.75 Å². The standard InChI is InChI=1S/C15H14Br2O2/c1-9-7-11(19-2)4-5-12(9)15(18)13-8-10(16)3-6-14(13)17/h3-8,15,18H,1-2H3. The van der Waals surface area contributed by atoms with Gasteiger partial charge in [0.1, 0.15) is 11.9 Å². The first-order chi connectivity index (χ1) is 9.02. The molecule has 0 amide bonds. The number of aliphatic hydroxyl groups is 1. The summed E-state index contributed by atoms with van der Waals surface area (Å²) in [6.07, 6.45) is -0.669. The van der Waals surface area contributed by atoms with Crippen LogP contribution in [0.25, 0.3) is 0 Å². The van der Waals surface area contributed by atoms with Crippen LogP contribution in [0, 0.1) is 6.92 Å². The summed E-state index contributed by atoms with van der Waals surface area (Å²) in [5.41, 5.74) is 2.71. The van der Waals surface area contributed by atoms with Crippen molar-refractivity contribution in [2.24, 2.45) is 0 Å². The molecule has 0 spiro atoms. The van der Waals surface area contributed by atoms with Gasteiger partial charge in [-0.25, -0.2) is 0 Å². The Kier molecular flexibility index (Phi) is 4.66. The lowest BCUT2D eigenvalue weighted by atomic mass is 9.97. The van der Waals surface area contributed by atoms with Gasteiger partial charge in [0.05, 0.1) is 7.11 Å². The van der Waals surface area contributed by atoms with Crippen LogP contribution in [0.2, 0.25) is 0 Å². The van der Waals surface area contributed by atoms with E-state index in [0.29, 0.717) is 0 Å². The van der Waals surface area contributed by atoms with E-state index in [9.17, 15) is 5.11 Å². The topological polar surface area (TPSA) is 29.5 Å². The van der Waals surface area contributed by atoms with Crippen molar-refractivity contribution in [2.75, 3.05) is 7.11 Å². The van der Waals surface area contributed by atoms with Crippen LogP contribution in [0.3, 0.4) is 0 Å². The number of methoxy groups -OCH3 is 1. The predicted octanol–water partition coefficient (Wildman–Crippen LogP) is 4.61. The van der Waals surface area contributed by atoms with Gasteiger partial charge in [0.15, 0.2) is 0 Å². The van der Waals surface area contributed by atoms with Gasteiger partial charge in [-0.3, -0.25) is 0 Å². The highest BCUT2D eigenvalue weighted by Crippen LogP contribution is 2.33. The van der Waals surface area contributed by atoms with E-state index < -0.39 is 6.10 Å². The molecule has 0 aliphatic carbocycles. The Bertz CT molecular complexity index is 597. The molecule has 100 valence electrons. The fourth-order valence-corrected chi connectivity index (χ4v) is 2.82. The first-order valence-electron chi connectivity index (χ1n) is 5.80. The number of halogens is 2. The van der Waals surface area contributed by atoms with Gasteiger partial charge in [-0.2, -0.15) is 0 Å². The fraction of sp³-hybridized carbons (Fsp3) is 0.200. The molecule has 0 heterocycles. The van der Waals surface area contributed by atoms with E-state index in [2.05, 4.69) is 31.9 Å². The minimum absolute atomic E-state index is 0.669. The Morgan fingerprint density at radius 3 is 2.42 bits per heavy atom. The highest BCUT2D eigenvalue weighted by atomic mass is 79.9. The van der Waals surface area contributed by atoms with Crippen LogP contribution < -0.4 is 4.74 Å². The third kappa shape index (κ3) is 3.19. The van der Waals surface area contributed by atoms with Crippen LogP contribution in [-0.4, -0.2) is 12.2 Å². The Morgan fingerprint density at radius 1 is 1.05 bits per heavy atom. The monoisotopic (exact) mass is 384 g/mol. The summed E-state index contributed by atoms with van der Waals surface area (Å²) in [6, 6.07) is 11.4. The van der Waals surface area contributed by atoms with E-state index in [0.717, 1.165) is 31.4 Å². The molecule has 0 aliphatic heterocycles. The van der Waals surface area contributed by atoms with Crippen molar-refractivity contribution >= 4 is 31.9 Å². The average Bonchev–Trinajstić information content (AvgIpc) is 2.40. The number of rotatable bonds is 3. The van der Waals surface area contributed by atoms with Gasteiger partial charge in [-0.1, -0.05) is 37.9 Å². The zero-order valence-corrected chi connectivity index (χ0v) is 13.8. The fourth-order valence-electron chi connectivity index (χ4n) is 1.97. The normalized spacial score (nSPS) is 12.3. The molecule has 0 radical (unpaired) electrons. The molecular formula is C15H14Br2O2. The van der Waals surface area contributed by atoms with Gasteiger partial charge < -0.3 is 9.84 Å². The minimum atomic E-state index is -0.669. The second-order valence-electron chi connectivity index (χ2n) is 4.29. The second-order valence-corrected chi connectivity index (χ2v) is 6.06. The summed E-state index contributed by atoms with van der Waals surface area (Å²) in [7, 11) is 1.63. The van der Waals surface area contributed by atoms with E-state index in [-0.39, 0.29) is 0 Å². The zero-order chi connectivity index (χ0) is 14.0. The highest BCUT2D eigenvalue weighted by molar-refractivity contribution is 9.11. The second kappa shape index (κ2) is 6.07. The van der Waals surface area contributed by atoms with Crippen LogP contribution in [0.15, 0.2) is 45.3 Å². The van der Waals surface area contributed by atoms with Crippen molar-refractivity contribution in [2.45, 2.75) is 13.0 Å². The van der Waals surface area contributed by atoms with Crippen molar-refractivity contribution in [3.05, 3.63) is 62.0 Å². The SMILES string of the molecule is COc1ccc(C(O)c2cc(Br)ccc2Br)c(C)c1. The van der Waals surface area contributed by atoms with Crippen molar-refractivity contribution in [1.29, 1.82) is 0 Å². The predicted molar refractivity (Wildman–Crippen MR) is 83.6 cm³/mol. The summed E-state index contributed by atoms with van der Waals surface area (Å²) in [5.74, 6) is 0.793. The van der Waals surface area contributed by atoms with Crippen molar-refractivity contribution in [3.63, 3.8) is 0 Å². The number of ether oxygens (including phenoxy) is 1. The first kappa shape index (κ1) is 14.6. The minimum Gasteiger partial charge on any atom is -0.497 e. The molecule has 2 aromatic carbocycles. The van der Waals surface area contributed by atoms with Crippen molar-refractivity contribution in [3.8, 4) is 5.75 Å². The lowest BCUT2D eigenvalue weighted by Gasteiger charge is -2.16. The summed E-state index contributed by atoms with van der Waals surface area (Å²) >= 11 is 6.90. The molecule has 2 rings (SSSR count). The van der Waals surface area contributed by atoms with Crippen LogP contribution >= 0.6 is 31.9 Å². The number of hydrogen-bond acceptors (Lipinski definition) is 2. The van der Waals surface area contributed by atoms with Crippen LogP contribution in [0.4, 0.5) is 0 Å². The largest absolute Gasteiger partial charge is 0.497 e. The molecular weight excluding hydrogens is 372 g/mol.